The fourth-order valence-electron chi connectivity index (χ4n) is 2.30. The van der Waals surface area contributed by atoms with E-state index >= 15 is 0 Å². The first-order chi connectivity index (χ1) is 10.9. The first-order valence-electron chi connectivity index (χ1n) is 7.12. The van der Waals surface area contributed by atoms with Crippen LogP contribution in [0.1, 0.15) is 27.5 Å². The predicted molar refractivity (Wildman–Crippen MR) is 90.9 cm³/mol. The molecule has 23 heavy (non-hydrogen) atoms. The number of hydrogen-bond donors (Lipinski definition) is 1. The number of nitrogens with one attached hydrogen (secondary N) is 1. The number of hydrogen-bond acceptors (Lipinski definition) is 5. The van der Waals surface area contributed by atoms with Crippen LogP contribution in [0, 0.1) is 17.0 Å². The Morgan fingerprint density at radius 1 is 1.39 bits per heavy atom. The summed E-state index contributed by atoms with van der Waals surface area (Å²) in [6.45, 7) is 2.09. The number of nitrogens with zero attached hydrogens (tertiary/aromatic N) is 2. The molecule has 0 bridgehead atoms. The molecule has 1 amide bonds. The number of nitro benzene ring substituents is 1. The van der Waals surface area contributed by atoms with Gasteiger partial charge in [-0.3, -0.25) is 14.9 Å². The largest absolute Gasteiger partial charge is 0.350 e. The monoisotopic (exact) mass is 333 g/mol. The molecule has 0 fully saturated rings. The van der Waals surface area contributed by atoms with Crippen molar-refractivity contribution in [2.45, 2.75) is 13.0 Å². The predicted octanol–water partition coefficient (Wildman–Crippen LogP) is 3.00. The molecule has 0 saturated carbocycles. The maximum absolute atomic E-state index is 12.3. The second-order valence-corrected chi connectivity index (χ2v) is 6.28. The van der Waals surface area contributed by atoms with Gasteiger partial charge in [0, 0.05) is 23.7 Å². The van der Waals surface area contributed by atoms with Gasteiger partial charge in [-0.05, 0) is 49.5 Å². The molecule has 0 saturated heterocycles. The molecule has 0 aliphatic carbocycles. The smallest absolute Gasteiger partial charge is 0.273 e. The molecule has 7 heteroatoms. The molecular formula is C16H19N3O3S. The quantitative estimate of drug-likeness (QED) is 0.651. The number of likely N-dealkylation sites (N-methyl/N-ethyl adjacent to an activating group) is 1. The van der Waals surface area contributed by atoms with E-state index < -0.39 is 4.92 Å². The third-order valence-corrected chi connectivity index (χ3v) is 4.38. The number of thiophene rings is 1. The maximum Gasteiger partial charge on any atom is 0.273 e. The van der Waals surface area contributed by atoms with Crippen molar-refractivity contribution >= 4 is 22.9 Å². The van der Waals surface area contributed by atoms with Gasteiger partial charge in [-0.15, -0.1) is 0 Å². The van der Waals surface area contributed by atoms with Crippen LogP contribution in [0.4, 0.5) is 5.69 Å². The Kier molecular flexibility index (Phi) is 5.46. The van der Waals surface area contributed by atoms with Crippen LogP contribution in [0.3, 0.4) is 0 Å². The fraction of sp³-hybridized carbons (Fsp3) is 0.312. The van der Waals surface area contributed by atoms with Crippen LogP contribution < -0.4 is 5.32 Å². The Balaban J connectivity index is 2.10. The van der Waals surface area contributed by atoms with Crippen LogP contribution >= 0.6 is 11.3 Å². The molecule has 0 unspecified atom stereocenters. The normalized spacial score (nSPS) is 12.2. The molecule has 0 aliphatic rings. The molecule has 1 aromatic heterocycles. The van der Waals surface area contributed by atoms with Crippen LogP contribution in [0.15, 0.2) is 35.0 Å². The highest BCUT2D eigenvalue weighted by Gasteiger charge is 2.18. The van der Waals surface area contributed by atoms with E-state index in [4.69, 9.17) is 0 Å². The molecule has 0 spiro atoms. The van der Waals surface area contributed by atoms with Crippen LogP contribution in [0.25, 0.3) is 0 Å². The molecule has 0 aliphatic heterocycles. The maximum atomic E-state index is 12.3. The van der Waals surface area contributed by atoms with Gasteiger partial charge in [0.1, 0.15) is 0 Å². The number of carbonyl (C=O) groups is 1. The van der Waals surface area contributed by atoms with Crippen LogP contribution in [0.2, 0.25) is 0 Å². The van der Waals surface area contributed by atoms with E-state index in [0.29, 0.717) is 17.7 Å². The summed E-state index contributed by atoms with van der Waals surface area (Å²) in [7, 11) is 3.90. The second kappa shape index (κ2) is 7.34. The molecular weight excluding hydrogens is 314 g/mol. The average molecular weight is 333 g/mol. The van der Waals surface area contributed by atoms with Crippen LogP contribution in [0.5, 0.6) is 0 Å². The zero-order valence-electron chi connectivity index (χ0n) is 13.3. The lowest BCUT2D eigenvalue weighted by molar-refractivity contribution is -0.385. The van der Waals surface area contributed by atoms with Crippen molar-refractivity contribution in [3.05, 3.63) is 61.8 Å². The Labute approximate surface area is 138 Å². The molecule has 1 aromatic carbocycles. The number of aryl methyl sites for hydroxylation is 1. The number of amides is 1. The standard InChI is InChI=1S/C16H19N3O3S/c1-11-4-5-12(8-14(11)19(21)22)16(20)17-9-15(18(2)3)13-6-7-23-10-13/h4-8,10,15H,9H2,1-3H3,(H,17,20)/t15-/m1/s1. The van der Waals surface area contributed by atoms with Crippen molar-refractivity contribution in [1.82, 2.24) is 10.2 Å². The zero-order chi connectivity index (χ0) is 17.0. The highest BCUT2D eigenvalue weighted by atomic mass is 32.1. The summed E-state index contributed by atoms with van der Waals surface area (Å²) in [6.07, 6.45) is 0. The summed E-state index contributed by atoms with van der Waals surface area (Å²) < 4.78 is 0. The lowest BCUT2D eigenvalue weighted by Gasteiger charge is -2.24. The Morgan fingerprint density at radius 3 is 2.70 bits per heavy atom. The van der Waals surface area contributed by atoms with Crippen molar-refractivity contribution < 1.29 is 9.72 Å². The minimum Gasteiger partial charge on any atom is -0.350 e. The van der Waals surface area contributed by atoms with E-state index in [2.05, 4.69) is 5.32 Å². The summed E-state index contributed by atoms with van der Waals surface area (Å²) >= 11 is 1.61. The van der Waals surface area contributed by atoms with E-state index in [9.17, 15) is 14.9 Å². The minimum atomic E-state index is -0.472. The minimum absolute atomic E-state index is 0.0420. The number of benzene rings is 1. The fourth-order valence-corrected chi connectivity index (χ4v) is 3.01. The highest BCUT2D eigenvalue weighted by Crippen LogP contribution is 2.21. The van der Waals surface area contributed by atoms with E-state index in [1.165, 1.54) is 6.07 Å². The summed E-state index contributed by atoms with van der Waals surface area (Å²) in [5, 5.41) is 17.9. The molecule has 6 nitrogen and oxygen atoms in total. The van der Waals surface area contributed by atoms with Crippen molar-refractivity contribution in [3.63, 3.8) is 0 Å². The van der Waals surface area contributed by atoms with Gasteiger partial charge in [0.05, 0.1) is 11.0 Å². The first-order valence-corrected chi connectivity index (χ1v) is 8.06. The van der Waals surface area contributed by atoms with Gasteiger partial charge in [0.15, 0.2) is 0 Å². The lowest BCUT2D eigenvalue weighted by Crippen LogP contribution is -2.34. The van der Waals surface area contributed by atoms with Gasteiger partial charge in [0.25, 0.3) is 11.6 Å². The van der Waals surface area contributed by atoms with E-state index in [1.807, 2.05) is 35.8 Å². The molecule has 1 heterocycles. The van der Waals surface area contributed by atoms with Gasteiger partial charge in [-0.2, -0.15) is 11.3 Å². The van der Waals surface area contributed by atoms with Crippen LogP contribution in [-0.2, 0) is 0 Å². The van der Waals surface area contributed by atoms with Crippen molar-refractivity contribution in [3.8, 4) is 0 Å². The summed E-state index contributed by atoms with van der Waals surface area (Å²) in [4.78, 5) is 24.8. The average Bonchev–Trinajstić information content (AvgIpc) is 3.01. The van der Waals surface area contributed by atoms with Gasteiger partial charge in [0.2, 0.25) is 0 Å². The molecule has 122 valence electrons. The zero-order valence-corrected chi connectivity index (χ0v) is 14.1. The van der Waals surface area contributed by atoms with E-state index in [0.717, 1.165) is 5.56 Å². The van der Waals surface area contributed by atoms with E-state index in [-0.39, 0.29) is 17.6 Å². The molecule has 1 atom stereocenters. The number of nitro groups is 1. The molecule has 1 N–H and O–H groups in total. The van der Waals surface area contributed by atoms with Gasteiger partial charge < -0.3 is 10.2 Å². The van der Waals surface area contributed by atoms with Crippen LogP contribution in [-0.4, -0.2) is 36.4 Å². The van der Waals surface area contributed by atoms with Gasteiger partial charge in [-0.25, -0.2) is 0 Å². The molecule has 2 rings (SSSR count). The Hall–Kier alpha value is -2.25. The van der Waals surface area contributed by atoms with Crippen molar-refractivity contribution in [2.75, 3.05) is 20.6 Å². The first kappa shape index (κ1) is 17.1. The third kappa shape index (κ3) is 4.14. The molecule has 0 radical (unpaired) electrons. The third-order valence-electron chi connectivity index (χ3n) is 3.68. The van der Waals surface area contributed by atoms with Crippen molar-refractivity contribution in [2.24, 2.45) is 0 Å². The Morgan fingerprint density at radius 2 is 2.13 bits per heavy atom. The van der Waals surface area contributed by atoms with Gasteiger partial charge in [-0.1, -0.05) is 6.07 Å². The summed E-state index contributed by atoms with van der Waals surface area (Å²) in [6, 6.07) is 6.60. The second-order valence-electron chi connectivity index (χ2n) is 5.50. The summed E-state index contributed by atoms with van der Waals surface area (Å²) in [5.41, 5.74) is 1.93. The van der Waals surface area contributed by atoms with Gasteiger partial charge >= 0.3 is 0 Å². The van der Waals surface area contributed by atoms with Crippen molar-refractivity contribution in [1.29, 1.82) is 0 Å². The summed E-state index contributed by atoms with van der Waals surface area (Å²) in [5.74, 6) is -0.310. The van der Waals surface area contributed by atoms with E-state index in [1.54, 1.807) is 30.4 Å². The topological polar surface area (TPSA) is 75.5 Å². The number of rotatable bonds is 6. The highest BCUT2D eigenvalue weighted by molar-refractivity contribution is 7.07. The Bertz CT molecular complexity index is 699. The molecule has 2 aromatic rings. The number of carbonyl (C=O) groups excluding carboxylic acids is 1. The lowest BCUT2D eigenvalue weighted by atomic mass is 10.1. The SMILES string of the molecule is Cc1ccc(C(=O)NC[C@H](c2ccsc2)N(C)C)cc1[N+](=O)[O-].